The molecule has 0 N–H and O–H groups in total. The van der Waals surface area contributed by atoms with Crippen LogP contribution in [0.5, 0.6) is 0 Å². The number of carbonyl (C=O) groups is 8. The summed E-state index contributed by atoms with van der Waals surface area (Å²) in [6.07, 6.45) is -10.8. The first-order chi connectivity index (χ1) is 23.8. The van der Waals surface area contributed by atoms with Gasteiger partial charge in [0.05, 0.1) is 13.2 Å². The van der Waals surface area contributed by atoms with E-state index in [-0.39, 0.29) is 38.5 Å². The van der Waals surface area contributed by atoms with Crippen molar-refractivity contribution in [2.75, 3.05) is 13.2 Å². The molecule has 280 valence electrons. The highest BCUT2D eigenvalue weighted by molar-refractivity contribution is 5.91. The summed E-state index contributed by atoms with van der Waals surface area (Å²) in [5.74, 6) is -6.73. The van der Waals surface area contributed by atoms with Gasteiger partial charge < -0.3 is 47.4 Å². The first-order valence-corrected chi connectivity index (χ1v) is 16.3. The molecule has 18 nitrogen and oxygen atoms in total. The van der Waals surface area contributed by atoms with Crippen molar-refractivity contribution in [1.82, 2.24) is 0 Å². The standard InChI is InChI=1S/C32H44O18/c1-7-19(33)43-17-15-41-31(29(47-23(37)11-5)27(17)45-21(35)9-3)49-25(39)13-14-26(40)50-32-30(48-24(38)12-6)28(46-22(36)10-4)18(16-42-32)44-20(34)8-2/h13-14,17-18,27-32H,7-12,15-16H2,1-6H3/b14-13+/t17-,18-,27+,28+,29-,30-,31-,32-/m1/s1. The summed E-state index contributed by atoms with van der Waals surface area (Å²) in [4.78, 5) is 98.6. The van der Waals surface area contributed by atoms with Crippen molar-refractivity contribution in [2.45, 2.75) is 129 Å². The van der Waals surface area contributed by atoms with E-state index in [1.54, 1.807) is 0 Å². The van der Waals surface area contributed by atoms with Gasteiger partial charge in [-0.3, -0.25) is 28.8 Å². The van der Waals surface area contributed by atoms with Crippen molar-refractivity contribution >= 4 is 47.8 Å². The molecule has 0 bridgehead atoms. The lowest BCUT2D eigenvalue weighted by atomic mass is 10.0. The van der Waals surface area contributed by atoms with Gasteiger partial charge in [-0.25, -0.2) is 9.59 Å². The lowest BCUT2D eigenvalue weighted by molar-refractivity contribution is -0.274. The average Bonchev–Trinajstić information content (AvgIpc) is 3.11. The summed E-state index contributed by atoms with van der Waals surface area (Å²) < 4.78 is 53.7. The number of hydrogen-bond acceptors (Lipinski definition) is 18. The van der Waals surface area contributed by atoms with Gasteiger partial charge in [0.2, 0.25) is 24.8 Å². The Labute approximate surface area is 288 Å². The maximum atomic E-state index is 12.8. The van der Waals surface area contributed by atoms with Crippen LogP contribution in [0.3, 0.4) is 0 Å². The minimum atomic E-state index is -1.67. The predicted molar refractivity (Wildman–Crippen MR) is 162 cm³/mol. The van der Waals surface area contributed by atoms with E-state index in [2.05, 4.69) is 0 Å². The number of hydrogen-bond donors (Lipinski definition) is 0. The van der Waals surface area contributed by atoms with Gasteiger partial charge in [0.25, 0.3) is 0 Å². The van der Waals surface area contributed by atoms with Gasteiger partial charge in [-0.15, -0.1) is 0 Å². The largest absolute Gasteiger partial charge is 0.456 e. The molecule has 8 atom stereocenters. The summed E-state index contributed by atoms with van der Waals surface area (Å²) in [5.41, 5.74) is 0. The number of rotatable bonds is 16. The third kappa shape index (κ3) is 12.7. The zero-order chi connectivity index (χ0) is 37.4. The SMILES string of the molecule is CCC(=O)O[C@@H]1[C@@H](OC(=O)CC)[C@@H](OC(=O)/C=C/C(=O)O[C@H]2OC[C@@H](OC(=O)CC)[C@H](OC(=O)CC)[C@H]2OC(=O)CC)OC[C@H]1OC(=O)CC. The lowest BCUT2D eigenvalue weighted by Gasteiger charge is -2.40. The second kappa shape index (κ2) is 20.8. The summed E-state index contributed by atoms with van der Waals surface area (Å²) in [7, 11) is 0. The molecule has 0 amide bonds. The van der Waals surface area contributed by atoms with Crippen LogP contribution in [-0.2, 0) is 85.7 Å². The Kier molecular flexibility index (Phi) is 17.3. The highest BCUT2D eigenvalue weighted by atomic mass is 16.7. The number of ether oxygens (including phenoxy) is 10. The van der Waals surface area contributed by atoms with E-state index >= 15 is 0 Å². The van der Waals surface area contributed by atoms with Gasteiger partial charge in [0.15, 0.2) is 24.4 Å². The van der Waals surface area contributed by atoms with Crippen LogP contribution in [0, 0.1) is 0 Å². The van der Waals surface area contributed by atoms with Gasteiger partial charge in [-0.2, -0.15) is 0 Å². The molecule has 0 spiro atoms. The van der Waals surface area contributed by atoms with E-state index in [4.69, 9.17) is 47.4 Å². The minimum Gasteiger partial charge on any atom is -0.456 e. The van der Waals surface area contributed by atoms with E-state index in [0.717, 1.165) is 0 Å². The molecule has 2 heterocycles. The molecule has 2 rings (SSSR count). The van der Waals surface area contributed by atoms with Crippen LogP contribution in [-0.4, -0.2) is 110 Å². The van der Waals surface area contributed by atoms with Crippen LogP contribution in [0.1, 0.15) is 80.1 Å². The summed E-state index contributed by atoms with van der Waals surface area (Å²) >= 11 is 0. The molecule has 2 saturated heterocycles. The van der Waals surface area contributed by atoms with E-state index < -0.39 is 110 Å². The fourth-order valence-corrected chi connectivity index (χ4v) is 4.32. The Hall–Kier alpha value is -4.58. The van der Waals surface area contributed by atoms with Gasteiger partial charge in [0.1, 0.15) is 0 Å². The van der Waals surface area contributed by atoms with Crippen LogP contribution >= 0.6 is 0 Å². The Morgan fingerprint density at radius 1 is 0.420 bits per heavy atom. The molecule has 0 radical (unpaired) electrons. The first-order valence-electron chi connectivity index (χ1n) is 16.3. The Balaban J connectivity index is 2.24. The normalized spacial score (nSPS) is 26.1. The maximum Gasteiger partial charge on any atom is 0.333 e. The fourth-order valence-electron chi connectivity index (χ4n) is 4.32. The highest BCUT2D eigenvalue weighted by Gasteiger charge is 2.50. The molecule has 2 aliphatic heterocycles. The molecule has 2 fully saturated rings. The monoisotopic (exact) mass is 716 g/mol. The van der Waals surface area contributed by atoms with Crippen LogP contribution in [0.2, 0.25) is 0 Å². The Bertz CT molecular complexity index is 1170. The molecule has 0 aromatic heterocycles. The fraction of sp³-hybridized carbons (Fsp3) is 0.688. The molecule has 2 aliphatic rings. The third-order valence-corrected chi connectivity index (χ3v) is 6.95. The van der Waals surface area contributed by atoms with E-state index in [9.17, 15) is 38.4 Å². The second-order valence-corrected chi connectivity index (χ2v) is 10.6. The second-order valence-electron chi connectivity index (χ2n) is 10.6. The van der Waals surface area contributed by atoms with Crippen molar-refractivity contribution < 1.29 is 85.7 Å². The van der Waals surface area contributed by atoms with Crippen molar-refractivity contribution in [3.8, 4) is 0 Å². The summed E-state index contributed by atoms with van der Waals surface area (Å²) in [6, 6.07) is 0. The van der Waals surface area contributed by atoms with E-state index in [0.29, 0.717) is 12.2 Å². The third-order valence-electron chi connectivity index (χ3n) is 6.95. The predicted octanol–water partition coefficient (Wildman–Crippen LogP) is 1.27. The zero-order valence-electron chi connectivity index (χ0n) is 28.8. The molecule has 0 aromatic rings. The quantitative estimate of drug-likeness (QED) is 0.124. The Morgan fingerprint density at radius 3 is 0.960 bits per heavy atom. The van der Waals surface area contributed by atoms with E-state index in [1.165, 1.54) is 41.5 Å². The van der Waals surface area contributed by atoms with Crippen LogP contribution in [0.25, 0.3) is 0 Å². The molecule has 0 saturated carbocycles. The molecule has 0 aliphatic carbocycles. The van der Waals surface area contributed by atoms with Crippen LogP contribution < -0.4 is 0 Å². The van der Waals surface area contributed by atoms with Gasteiger partial charge in [-0.05, 0) is 0 Å². The van der Waals surface area contributed by atoms with Crippen LogP contribution in [0.15, 0.2) is 12.2 Å². The average molecular weight is 717 g/mol. The molecule has 0 aromatic carbocycles. The zero-order valence-corrected chi connectivity index (χ0v) is 28.8. The summed E-state index contributed by atoms with van der Waals surface area (Å²) in [5, 5.41) is 0. The topological polar surface area (TPSA) is 229 Å². The van der Waals surface area contributed by atoms with Gasteiger partial charge in [-0.1, -0.05) is 41.5 Å². The highest BCUT2D eigenvalue weighted by Crippen LogP contribution is 2.28. The maximum absolute atomic E-state index is 12.8. The minimum absolute atomic E-state index is 0.0191. The molecule has 50 heavy (non-hydrogen) atoms. The first kappa shape index (κ1) is 41.6. The van der Waals surface area contributed by atoms with Crippen molar-refractivity contribution in [3.63, 3.8) is 0 Å². The van der Waals surface area contributed by atoms with Gasteiger partial charge in [0, 0.05) is 50.7 Å². The summed E-state index contributed by atoms with van der Waals surface area (Å²) in [6.45, 7) is 8.24. The van der Waals surface area contributed by atoms with Gasteiger partial charge >= 0.3 is 47.8 Å². The molecule has 0 unspecified atom stereocenters. The smallest absolute Gasteiger partial charge is 0.333 e. The van der Waals surface area contributed by atoms with Crippen LogP contribution in [0.4, 0.5) is 0 Å². The number of esters is 8. The Morgan fingerprint density at radius 2 is 0.680 bits per heavy atom. The van der Waals surface area contributed by atoms with Crippen molar-refractivity contribution in [2.24, 2.45) is 0 Å². The number of carbonyl (C=O) groups excluding carboxylic acids is 8. The molecular formula is C32H44O18. The van der Waals surface area contributed by atoms with Crippen molar-refractivity contribution in [3.05, 3.63) is 12.2 Å². The molecule has 18 heteroatoms. The lowest BCUT2D eigenvalue weighted by Crippen LogP contribution is -2.58. The van der Waals surface area contributed by atoms with E-state index in [1.807, 2.05) is 0 Å². The van der Waals surface area contributed by atoms with Crippen molar-refractivity contribution in [1.29, 1.82) is 0 Å². The molecular weight excluding hydrogens is 672 g/mol.